The highest BCUT2D eigenvalue weighted by atomic mass is 16.6. The number of hydrogen-bond acceptors (Lipinski definition) is 6. The van der Waals surface area contributed by atoms with Gasteiger partial charge in [-0.05, 0) is 6.07 Å². The van der Waals surface area contributed by atoms with Crippen molar-refractivity contribution in [3.05, 3.63) is 38.9 Å². The third kappa shape index (κ3) is 2.26. The molecule has 0 aromatic heterocycles. The van der Waals surface area contributed by atoms with Gasteiger partial charge in [-0.3, -0.25) is 14.9 Å². The van der Waals surface area contributed by atoms with E-state index in [1.165, 1.54) is 0 Å². The molecule has 0 saturated carbocycles. The van der Waals surface area contributed by atoms with Gasteiger partial charge in [-0.15, -0.1) is 0 Å². The molecule has 0 aliphatic rings. The Bertz CT molecular complexity index is 544. The minimum Gasteiger partial charge on any atom is -0.465 e. The van der Waals surface area contributed by atoms with E-state index in [4.69, 9.17) is 5.26 Å². The summed E-state index contributed by atoms with van der Waals surface area (Å²) in [5.41, 5.74) is -1.20. The van der Waals surface area contributed by atoms with Crippen LogP contribution in [0.4, 0.5) is 5.69 Å². The van der Waals surface area contributed by atoms with Gasteiger partial charge in [0.15, 0.2) is 6.29 Å². The maximum Gasteiger partial charge on any atom is 0.338 e. The molecule has 7 nitrogen and oxygen atoms in total. The van der Waals surface area contributed by atoms with Crippen LogP contribution in [0, 0.1) is 21.4 Å². The van der Waals surface area contributed by atoms with E-state index in [0.717, 1.165) is 19.2 Å². The van der Waals surface area contributed by atoms with E-state index in [9.17, 15) is 19.7 Å². The molecule has 0 aliphatic heterocycles. The third-order valence-corrected chi connectivity index (χ3v) is 2.02. The first-order valence-electron chi connectivity index (χ1n) is 4.31. The summed E-state index contributed by atoms with van der Waals surface area (Å²) in [5.74, 6) is -0.875. The zero-order valence-corrected chi connectivity index (χ0v) is 8.67. The van der Waals surface area contributed by atoms with Gasteiger partial charge in [0.2, 0.25) is 0 Å². The number of benzene rings is 1. The zero-order chi connectivity index (χ0) is 13.0. The molecule has 0 fully saturated rings. The number of nitro benzene ring substituents is 1. The van der Waals surface area contributed by atoms with Gasteiger partial charge >= 0.3 is 5.97 Å². The third-order valence-electron chi connectivity index (χ3n) is 2.02. The van der Waals surface area contributed by atoms with Crippen LogP contribution in [0.25, 0.3) is 0 Å². The van der Waals surface area contributed by atoms with Crippen molar-refractivity contribution in [3.63, 3.8) is 0 Å². The molecule has 1 aromatic rings. The number of methoxy groups -OCH3 is 1. The number of hydrogen-bond donors (Lipinski definition) is 0. The molecule has 17 heavy (non-hydrogen) atoms. The number of nitriles is 1. The number of esters is 1. The Hall–Kier alpha value is -2.75. The first kappa shape index (κ1) is 12.3. The van der Waals surface area contributed by atoms with Gasteiger partial charge in [0.1, 0.15) is 11.6 Å². The van der Waals surface area contributed by atoms with Gasteiger partial charge in [-0.2, -0.15) is 5.26 Å². The molecule has 7 heteroatoms. The lowest BCUT2D eigenvalue weighted by Gasteiger charge is -2.03. The van der Waals surface area contributed by atoms with Gasteiger partial charge in [0, 0.05) is 11.6 Å². The van der Waals surface area contributed by atoms with E-state index in [0.29, 0.717) is 6.29 Å². The fraction of sp³-hybridized carbons (Fsp3) is 0.100. The Balaban J connectivity index is 3.56. The minimum atomic E-state index is -0.875. The van der Waals surface area contributed by atoms with Crippen molar-refractivity contribution in [2.24, 2.45) is 0 Å². The van der Waals surface area contributed by atoms with Crippen molar-refractivity contribution in [1.29, 1.82) is 5.26 Å². The number of carbonyl (C=O) groups is 2. The fourth-order valence-electron chi connectivity index (χ4n) is 1.23. The second kappa shape index (κ2) is 4.85. The molecule has 0 N–H and O–H groups in total. The lowest BCUT2D eigenvalue weighted by atomic mass is 10.0. The normalized spacial score (nSPS) is 9.18. The molecule has 0 heterocycles. The predicted molar refractivity (Wildman–Crippen MR) is 54.5 cm³/mol. The van der Waals surface area contributed by atoms with E-state index in [1.807, 2.05) is 0 Å². The van der Waals surface area contributed by atoms with E-state index in [-0.39, 0.29) is 16.7 Å². The highest BCUT2D eigenvalue weighted by Crippen LogP contribution is 2.22. The number of nitrogens with zero attached hydrogens (tertiary/aromatic N) is 2. The van der Waals surface area contributed by atoms with Crippen LogP contribution in [0.3, 0.4) is 0 Å². The minimum absolute atomic E-state index is 0.126. The molecule has 0 atom stereocenters. The predicted octanol–water partition coefficient (Wildman–Crippen LogP) is 1.07. The average molecular weight is 234 g/mol. The van der Waals surface area contributed by atoms with Gasteiger partial charge < -0.3 is 4.74 Å². The van der Waals surface area contributed by atoms with Crippen LogP contribution in [0.15, 0.2) is 12.1 Å². The molecule has 0 unspecified atom stereocenters. The summed E-state index contributed by atoms with van der Waals surface area (Å²) in [6, 6.07) is 3.42. The maximum absolute atomic E-state index is 11.3. The zero-order valence-electron chi connectivity index (χ0n) is 8.67. The van der Waals surface area contributed by atoms with E-state index >= 15 is 0 Å². The lowest BCUT2D eigenvalue weighted by molar-refractivity contribution is -0.385. The van der Waals surface area contributed by atoms with Crippen molar-refractivity contribution in [2.45, 2.75) is 0 Å². The van der Waals surface area contributed by atoms with Gasteiger partial charge in [0.05, 0.1) is 17.6 Å². The van der Waals surface area contributed by atoms with Crippen LogP contribution in [0.1, 0.15) is 26.3 Å². The second-order valence-electron chi connectivity index (χ2n) is 2.93. The van der Waals surface area contributed by atoms with Crippen molar-refractivity contribution >= 4 is 17.9 Å². The Labute approximate surface area is 95.4 Å². The van der Waals surface area contributed by atoms with E-state index in [1.54, 1.807) is 6.07 Å². The second-order valence-corrected chi connectivity index (χ2v) is 2.93. The van der Waals surface area contributed by atoms with Gasteiger partial charge in [-0.1, -0.05) is 0 Å². The summed E-state index contributed by atoms with van der Waals surface area (Å²) < 4.78 is 4.38. The monoisotopic (exact) mass is 234 g/mol. The van der Waals surface area contributed by atoms with Crippen LogP contribution in [-0.2, 0) is 4.74 Å². The van der Waals surface area contributed by atoms with Crippen molar-refractivity contribution in [2.75, 3.05) is 7.11 Å². The summed E-state index contributed by atoms with van der Waals surface area (Å²) >= 11 is 0. The lowest BCUT2D eigenvalue weighted by Crippen LogP contribution is -2.07. The molecule has 0 saturated heterocycles. The SMILES string of the molecule is COC(=O)c1cc([N+](=O)[O-])c(C#N)cc1C=O. The van der Waals surface area contributed by atoms with Crippen LogP contribution >= 0.6 is 0 Å². The molecular formula is C10H6N2O5. The smallest absolute Gasteiger partial charge is 0.338 e. The van der Waals surface area contributed by atoms with Crippen LogP contribution in [0.5, 0.6) is 0 Å². The van der Waals surface area contributed by atoms with Crippen LogP contribution in [0.2, 0.25) is 0 Å². The van der Waals surface area contributed by atoms with Crippen molar-refractivity contribution < 1.29 is 19.2 Å². The number of rotatable bonds is 3. The Morgan fingerprint density at radius 1 is 1.59 bits per heavy atom. The first-order valence-corrected chi connectivity index (χ1v) is 4.31. The summed E-state index contributed by atoms with van der Waals surface area (Å²) in [4.78, 5) is 31.8. The Morgan fingerprint density at radius 3 is 2.65 bits per heavy atom. The molecule has 0 radical (unpaired) electrons. The molecule has 1 rings (SSSR count). The molecule has 0 bridgehead atoms. The fourth-order valence-corrected chi connectivity index (χ4v) is 1.23. The Morgan fingerprint density at radius 2 is 2.24 bits per heavy atom. The maximum atomic E-state index is 11.3. The number of nitro groups is 1. The topological polar surface area (TPSA) is 110 Å². The van der Waals surface area contributed by atoms with Crippen LogP contribution < -0.4 is 0 Å². The summed E-state index contributed by atoms with van der Waals surface area (Å²) in [5, 5.41) is 19.3. The highest BCUT2D eigenvalue weighted by molar-refractivity contribution is 5.99. The van der Waals surface area contributed by atoms with Gasteiger partial charge in [-0.25, -0.2) is 4.79 Å². The van der Waals surface area contributed by atoms with Crippen molar-refractivity contribution in [1.82, 2.24) is 0 Å². The molecule has 0 amide bonds. The highest BCUT2D eigenvalue weighted by Gasteiger charge is 2.21. The summed E-state index contributed by atoms with van der Waals surface area (Å²) in [7, 11) is 1.08. The van der Waals surface area contributed by atoms with Crippen LogP contribution in [-0.4, -0.2) is 24.3 Å². The van der Waals surface area contributed by atoms with E-state index in [2.05, 4.69) is 4.74 Å². The first-order chi connectivity index (χ1) is 8.04. The average Bonchev–Trinajstić information content (AvgIpc) is 2.35. The van der Waals surface area contributed by atoms with E-state index < -0.39 is 16.6 Å². The quantitative estimate of drug-likeness (QED) is 0.334. The molecule has 86 valence electrons. The van der Waals surface area contributed by atoms with Crippen molar-refractivity contribution in [3.8, 4) is 6.07 Å². The summed E-state index contributed by atoms with van der Waals surface area (Å²) in [6.45, 7) is 0. The number of carbonyl (C=O) groups excluding carboxylic acids is 2. The largest absolute Gasteiger partial charge is 0.465 e. The Kier molecular flexibility index (Phi) is 3.51. The summed E-state index contributed by atoms with van der Waals surface area (Å²) in [6.07, 6.45) is 0.330. The molecule has 0 aliphatic carbocycles. The number of aldehydes is 1. The standard InChI is InChI=1S/C10H6N2O5/c1-17-10(14)8-3-9(12(15)16)6(4-11)2-7(8)5-13/h2-3,5H,1H3. The molecule has 0 spiro atoms. The van der Waals surface area contributed by atoms with Gasteiger partial charge in [0.25, 0.3) is 5.69 Å². The number of ether oxygens (including phenoxy) is 1. The molecular weight excluding hydrogens is 228 g/mol. The molecule has 1 aromatic carbocycles.